The molecule has 0 aliphatic carbocycles. The molecule has 4 nitrogen and oxygen atoms in total. The molecular formula is C14H21FN4. The molecular weight excluding hydrogens is 243 g/mol. The number of hydrogen-bond acceptors (Lipinski definition) is 3. The van der Waals surface area contributed by atoms with Crippen LogP contribution in [0.25, 0.3) is 0 Å². The van der Waals surface area contributed by atoms with Gasteiger partial charge in [0.1, 0.15) is 11.7 Å². The maximum absolute atomic E-state index is 13.9. The number of hydrogen-bond donors (Lipinski definition) is 2. The number of rotatable bonds is 3. The van der Waals surface area contributed by atoms with Crippen molar-refractivity contribution in [3.05, 3.63) is 29.6 Å². The fourth-order valence-electron chi connectivity index (χ4n) is 2.65. The molecule has 1 aromatic carbocycles. The smallest absolute Gasteiger partial charge is 0.136 e. The first-order chi connectivity index (χ1) is 9.04. The Morgan fingerprint density at radius 3 is 2.84 bits per heavy atom. The fraction of sp³-hybridized carbons (Fsp3) is 0.500. The Hall–Kier alpha value is -1.62. The average Bonchev–Trinajstić information content (AvgIpc) is 2.38. The number of benzene rings is 1. The third-order valence-corrected chi connectivity index (χ3v) is 3.85. The molecule has 1 heterocycles. The zero-order valence-corrected chi connectivity index (χ0v) is 11.5. The van der Waals surface area contributed by atoms with Crippen LogP contribution in [-0.2, 0) is 0 Å². The second-order valence-electron chi connectivity index (χ2n) is 5.04. The summed E-state index contributed by atoms with van der Waals surface area (Å²) in [7, 11) is 2.11. The van der Waals surface area contributed by atoms with Crippen LogP contribution in [0, 0.1) is 11.2 Å². The Balaban J connectivity index is 2.32. The number of nitrogens with one attached hydrogen (secondary N) is 1. The average molecular weight is 264 g/mol. The van der Waals surface area contributed by atoms with Crippen molar-refractivity contribution in [1.29, 1.82) is 5.41 Å². The van der Waals surface area contributed by atoms with Crippen LogP contribution in [0.4, 0.5) is 10.1 Å². The van der Waals surface area contributed by atoms with Crippen molar-refractivity contribution in [1.82, 2.24) is 4.90 Å². The van der Waals surface area contributed by atoms with E-state index in [0.717, 1.165) is 31.7 Å². The first-order valence-electron chi connectivity index (χ1n) is 6.62. The molecule has 1 aliphatic heterocycles. The summed E-state index contributed by atoms with van der Waals surface area (Å²) in [6, 6.07) is 5.33. The molecule has 0 bridgehead atoms. The van der Waals surface area contributed by atoms with E-state index in [0.29, 0.717) is 6.04 Å². The van der Waals surface area contributed by atoms with Gasteiger partial charge < -0.3 is 10.6 Å². The summed E-state index contributed by atoms with van der Waals surface area (Å²) < 4.78 is 13.9. The van der Waals surface area contributed by atoms with E-state index >= 15 is 0 Å². The van der Waals surface area contributed by atoms with Gasteiger partial charge in [0.2, 0.25) is 0 Å². The zero-order valence-electron chi connectivity index (χ0n) is 11.5. The summed E-state index contributed by atoms with van der Waals surface area (Å²) in [5.41, 5.74) is 6.48. The van der Waals surface area contributed by atoms with Gasteiger partial charge in [-0.05, 0) is 25.6 Å². The van der Waals surface area contributed by atoms with Gasteiger partial charge >= 0.3 is 0 Å². The van der Waals surface area contributed by atoms with Crippen molar-refractivity contribution in [2.45, 2.75) is 19.4 Å². The number of nitrogens with two attached hydrogens (primary N) is 1. The van der Waals surface area contributed by atoms with Crippen LogP contribution in [-0.4, -0.2) is 43.5 Å². The third kappa shape index (κ3) is 2.71. The molecule has 2 rings (SSSR count). The van der Waals surface area contributed by atoms with Crippen molar-refractivity contribution in [2.75, 3.05) is 31.6 Å². The Bertz CT molecular complexity index is 475. The maximum atomic E-state index is 13.9. The molecule has 5 heteroatoms. The van der Waals surface area contributed by atoms with Crippen molar-refractivity contribution in [3.63, 3.8) is 0 Å². The van der Waals surface area contributed by atoms with Crippen LogP contribution in [0.1, 0.15) is 18.9 Å². The highest BCUT2D eigenvalue weighted by molar-refractivity contribution is 6.00. The monoisotopic (exact) mass is 264 g/mol. The number of nitrogen functional groups attached to an aromatic ring is 1. The van der Waals surface area contributed by atoms with Crippen LogP contribution in [0.15, 0.2) is 18.2 Å². The fourth-order valence-corrected chi connectivity index (χ4v) is 2.65. The molecule has 1 fully saturated rings. The first-order valence-corrected chi connectivity index (χ1v) is 6.62. The van der Waals surface area contributed by atoms with Crippen LogP contribution < -0.4 is 10.6 Å². The SMILES string of the molecule is CCC1CN(c2cccc(F)c2C(=N)N)CCN1C. The summed E-state index contributed by atoms with van der Waals surface area (Å²) in [4.78, 5) is 4.46. The zero-order chi connectivity index (χ0) is 14.0. The normalized spacial score (nSPS) is 20.6. The van der Waals surface area contributed by atoms with Gasteiger partial charge in [0.15, 0.2) is 0 Å². The van der Waals surface area contributed by atoms with E-state index in [1.165, 1.54) is 6.07 Å². The molecule has 1 saturated heterocycles. The summed E-state index contributed by atoms with van der Waals surface area (Å²) >= 11 is 0. The van der Waals surface area contributed by atoms with Crippen LogP contribution in [0.2, 0.25) is 0 Å². The predicted molar refractivity (Wildman–Crippen MR) is 76.3 cm³/mol. The van der Waals surface area contributed by atoms with Crippen LogP contribution >= 0.6 is 0 Å². The highest BCUT2D eigenvalue weighted by Crippen LogP contribution is 2.25. The van der Waals surface area contributed by atoms with E-state index in [1.54, 1.807) is 6.07 Å². The second kappa shape index (κ2) is 5.57. The molecule has 1 aromatic rings. The Morgan fingerprint density at radius 2 is 2.21 bits per heavy atom. The van der Waals surface area contributed by atoms with E-state index in [1.807, 2.05) is 6.07 Å². The van der Waals surface area contributed by atoms with Gasteiger partial charge in [0.25, 0.3) is 0 Å². The minimum absolute atomic E-state index is 0.208. The molecule has 0 spiro atoms. The topological polar surface area (TPSA) is 56.4 Å². The minimum atomic E-state index is -0.419. The lowest BCUT2D eigenvalue weighted by atomic mass is 10.1. The molecule has 0 amide bonds. The molecule has 1 atom stereocenters. The van der Waals surface area contributed by atoms with Crippen molar-refractivity contribution in [3.8, 4) is 0 Å². The summed E-state index contributed by atoms with van der Waals surface area (Å²) in [5.74, 6) is -0.628. The second-order valence-corrected chi connectivity index (χ2v) is 5.04. The highest BCUT2D eigenvalue weighted by atomic mass is 19.1. The molecule has 0 aromatic heterocycles. The molecule has 0 saturated carbocycles. The summed E-state index contributed by atoms with van der Waals surface area (Å²) in [5, 5.41) is 7.57. The lowest BCUT2D eigenvalue weighted by Gasteiger charge is -2.41. The van der Waals surface area contributed by atoms with Crippen LogP contribution in [0.5, 0.6) is 0 Å². The Kier molecular flexibility index (Phi) is 4.04. The van der Waals surface area contributed by atoms with E-state index < -0.39 is 5.82 Å². The van der Waals surface area contributed by atoms with E-state index in [-0.39, 0.29) is 11.4 Å². The maximum Gasteiger partial charge on any atom is 0.136 e. The van der Waals surface area contributed by atoms with Gasteiger partial charge in [-0.25, -0.2) is 4.39 Å². The number of nitrogens with zero attached hydrogens (tertiary/aromatic N) is 2. The van der Waals surface area contributed by atoms with E-state index in [2.05, 4.69) is 23.8 Å². The van der Waals surface area contributed by atoms with E-state index in [9.17, 15) is 4.39 Å². The minimum Gasteiger partial charge on any atom is -0.384 e. The molecule has 1 aliphatic rings. The van der Waals surface area contributed by atoms with Crippen molar-refractivity contribution >= 4 is 11.5 Å². The van der Waals surface area contributed by atoms with Gasteiger partial charge in [-0.2, -0.15) is 0 Å². The predicted octanol–water partition coefficient (Wildman–Crippen LogP) is 1.64. The summed E-state index contributed by atoms with van der Waals surface area (Å²) in [6.07, 6.45) is 1.05. The Labute approximate surface area is 113 Å². The van der Waals surface area contributed by atoms with Gasteiger partial charge in [-0.1, -0.05) is 13.0 Å². The van der Waals surface area contributed by atoms with Gasteiger partial charge in [-0.3, -0.25) is 10.3 Å². The molecule has 3 N–H and O–H groups in total. The third-order valence-electron chi connectivity index (χ3n) is 3.85. The van der Waals surface area contributed by atoms with E-state index in [4.69, 9.17) is 11.1 Å². The quantitative estimate of drug-likeness (QED) is 0.644. The molecule has 0 radical (unpaired) electrons. The number of piperazine rings is 1. The first kappa shape index (κ1) is 13.8. The van der Waals surface area contributed by atoms with Crippen molar-refractivity contribution in [2.24, 2.45) is 5.73 Å². The number of halogens is 1. The number of amidine groups is 1. The van der Waals surface area contributed by atoms with Gasteiger partial charge in [0.05, 0.1) is 11.3 Å². The number of anilines is 1. The Morgan fingerprint density at radius 1 is 1.47 bits per heavy atom. The standard InChI is InChI=1S/C14H21FN4/c1-3-10-9-19(8-7-18(10)2)12-6-4-5-11(15)13(12)14(16)17/h4-6,10H,3,7-9H2,1-2H3,(H3,16,17). The largest absolute Gasteiger partial charge is 0.384 e. The number of likely N-dealkylation sites (N-methyl/N-ethyl adjacent to an activating group) is 1. The van der Waals surface area contributed by atoms with Crippen molar-refractivity contribution < 1.29 is 4.39 Å². The lowest BCUT2D eigenvalue weighted by Crippen LogP contribution is -2.51. The van der Waals surface area contributed by atoms with Gasteiger partial charge in [0, 0.05) is 25.7 Å². The lowest BCUT2D eigenvalue weighted by molar-refractivity contribution is 0.213. The highest BCUT2D eigenvalue weighted by Gasteiger charge is 2.25. The van der Waals surface area contributed by atoms with Crippen LogP contribution in [0.3, 0.4) is 0 Å². The molecule has 104 valence electrons. The summed E-state index contributed by atoms with van der Waals surface area (Å²) in [6.45, 7) is 4.77. The molecule has 1 unspecified atom stereocenters. The molecule has 19 heavy (non-hydrogen) atoms. The van der Waals surface area contributed by atoms with Gasteiger partial charge in [-0.15, -0.1) is 0 Å².